The van der Waals surface area contributed by atoms with Gasteiger partial charge in [0.15, 0.2) is 0 Å². The van der Waals surface area contributed by atoms with Gasteiger partial charge >= 0.3 is 6.03 Å². The monoisotopic (exact) mass is 648 g/mol. The average molecular weight is 649 g/mol. The number of ketones is 1. The Morgan fingerprint density at radius 1 is 0.979 bits per heavy atom. The summed E-state index contributed by atoms with van der Waals surface area (Å²) in [5.41, 5.74) is 5.73. The largest absolute Gasteiger partial charge is 0.396 e. The minimum atomic E-state index is -0.950. The van der Waals surface area contributed by atoms with E-state index in [9.17, 15) is 24.0 Å². The van der Waals surface area contributed by atoms with E-state index in [1.54, 1.807) is 17.0 Å². The van der Waals surface area contributed by atoms with Crippen LogP contribution in [0.3, 0.4) is 0 Å². The van der Waals surface area contributed by atoms with E-state index < -0.39 is 51.8 Å². The van der Waals surface area contributed by atoms with E-state index >= 15 is 0 Å². The van der Waals surface area contributed by atoms with Gasteiger partial charge < -0.3 is 31.5 Å². The van der Waals surface area contributed by atoms with Gasteiger partial charge in [0.1, 0.15) is 12.1 Å². The maximum atomic E-state index is 14.6. The number of allylic oxidation sites excluding steroid dienone is 1. The number of nitrogens with one attached hydrogen (secondary N) is 3. The minimum absolute atomic E-state index is 0.0965. The highest BCUT2D eigenvalue weighted by Gasteiger charge is 2.61. The number of hydrogen-bond acceptors (Lipinski definition) is 6. The molecular weight excluding hydrogens is 596 g/mol. The van der Waals surface area contributed by atoms with Crippen molar-refractivity contribution < 1.29 is 24.0 Å². The number of nitrogens with zero attached hydrogens (tertiary/aromatic N) is 2. The molecule has 1 saturated carbocycles. The summed E-state index contributed by atoms with van der Waals surface area (Å²) in [4.78, 5) is 72.2. The van der Waals surface area contributed by atoms with Crippen LogP contribution in [0.15, 0.2) is 41.6 Å². The maximum Gasteiger partial charge on any atom is 0.315 e. The first-order valence-electron chi connectivity index (χ1n) is 16.8. The molecule has 11 nitrogen and oxygen atoms in total. The Morgan fingerprint density at radius 2 is 1.64 bits per heavy atom. The molecule has 5 rings (SSSR count). The van der Waals surface area contributed by atoms with E-state index in [4.69, 9.17) is 5.73 Å². The molecule has 2 saturated heterocycles. The molecule has 4 aliphatic rings. The SMILES string of the molecule is CC(C)(C)NC(=O)N[C@H](C(=O)N1C[C@@]2(C[C@H]1C(=O)NC1CC3CCC3=C(N)C1=O)CN(C(=O)c1ccccc1)CC2(C)C)C(C)(C)C. The number of likely N-dealkylation sites (tertiary alicyclic amines) is 2. The highest BCUT2D eigenvalue weighted by atomic mass is 16.2. The van der Waals surface area contributed by atoms with Crippen molar-refractivity contribution in [2.75, 3.05) is 19.6 Å². The van der Waals surface area contributed by atoms with Crippen LogP contribution >= 0.6 is 0 Å². The van der Waals surface area contributed by atoms with Crippen molar-refractivity contribution >= 4 is 29.5 Å². The standard InChI is InChI=1S/C36H52N6O5/c1-33(2,3)28(39-32(47)40-34(4,5)6)31(46)42-20-36(19-41(18-35(36,7)8)30(45)21-12-10-9-11-13-21)17-25(42)29(44)38-24-16-22-14-15-23(22)26(37)27(24)43/h9-13,22,24-25,28H,14-20,37H2,1-8H3,(H,38,44)(H2,39,40,47)/t22?,24?,25-,28+,36+/m0/s1. The zero-order valence-electron chi connectivity index (χ0n) is 29.2. The number of nitrogens with two attached hydrogens (primary N) is 1. The van der Waals surface area contributed by atoms with Crippen LogP contribution in [-0.4, -0.2) is 82.6 Å². The molecule has 11 heteroatoms. The highest BCUT2D eigenvalue weighted by Crippen LogP contribution is 2.54. The van der Waals surface area contributed by atoms with Crippen LogP contribution in [-0.2, 0) is 14.4 Å². The topological polar surface area (TPSA) is 154 Å². The number of carbonyl (C=O) groups is 5. The van der Waals surface area contributed by atoms with E-state index in [1.165, 1.54) is 0 Å². The molecule has 2 aliphatic heterocycles. The molecule has 47 heavy (non-hydrogen) atoms. The molecule has 0 aromatic heterocycles. The molecule has 0 radical (unpaired) electrons. The van der Waals surface area contributed by atoms with Crippen molar-refractivity contribution in [1.82, 2.24) is 25.8 Å². The molecule has 1 aromatic rings. The molecule has 2 heterocycles. The van der Waals surface area contributed by atoms with Crippen molar-refractivity contribution in [3.8, 4) is 0 Å². The number of carbonyl (C=O) groups excluding carboxylic acids is 5. The van der Waals surface area contributed by atoms with Crippen molar-refractivity contribution in [2.45, 2.75) is 105 Å². The van der Waals surface area contributed by atoms with Crippen LogP contribution in [0.4, 0.5) is 4.79 Å². The van der Waals surface area contributed by atoms with E-state index in [0.717, 1.165) is 18.4 Å². The predicted molar refractivity (Wildman–Crippen MR) is 179 cm³/mol. The number of hydrogen-bond donors (Lipinski definition) is 4. The summed E-state index contributed by atoms with van der Waals surface area (Å²) in [5, 5.41) is 8.75. The van der Waals surface area contributed by atoms with Gasteiger partial charge in [-0.1, -0.05) is 52.8 Å². The third-order valence-electron chi connectivity index (χ3n) is 10.7. The lowest BCUT2D eigenvalue weighted by Crippen LogP contribution is -2.61. The quantitative estimate of drug-likeness (QED) is 0.384. The first-order chi connectivity index (χ1) is 21.7. The fourth-order valence-electron chi connectivity index (χ4n) is 7.80. The first kappa shape index (κ1) is 34.4. The lowest BCUT2D eigenvalue weighted by molar-refractivity contribution is -0.142. The molecule has 5 N–H and O–H groups in total. The van der Waals surface area contributed by atoms with Gasteiger partial charge in [0.25, 0.3) is 5.91 Å². The summed E-state index contributed by atoms with van der Waals surface area (Å²) in [6.45, 7) is 16.4. The number of amides is 5. The van der Waals surface area contributed by atoms with Gasteiger partial charge in [-0.3, -0.25) is 19.2 Å². The Labute approximate surface area is 278 Å². The number of urea groups is 1. The van der Waals surface area contributed by atoms with Crippen molar-refractivity contribution in [3.63, 3.8) is 0 Å². The second-order valence-corrected chi connectivity index (χ2v) is 16.9. The lowest BCUT2D eigenvalue weighted by atomic mass is 9.66. The summed E-state index contributed by atoms with van der Waals surface area (Å²) in [5.74, 6) is -0.977. The molecule has 1 aromatic carbocycles. The van der Waals surface area contributed by atoms with Gasteiger partial charge in [0, 0.05) is 36.2 Å². The highest BCUT2D eigenvalue weighted by molar-refractivity contribution is 6.03. The molecule has 3 fully saturated rings. The lowest BCUT2D eigenvalue weighted by Gasteiger charge is -2.39. The third-order valence-corrected chi connectivity index (χ3v) is 10.7. The summed E-state index contributed by atoms with van der Waals surface area (Å²) < 4.78 is 0. The Hall–Kier alpha value is -3.89. The first-order valence-corrected chi connectivity index (χ1v) is 16.8. The number of benzene rings is 1. The smallest absolute Gasteiger partial charge is 0.315 e. The van der Waals surface area contributed by atoms with Gasteiger partial charge in [-0.25, -0.2) is 4.79 Å². The molecule has 5 amide bonds. The molecule has 2 unspecified atom stereocenters. The van der Waals surface area contributed by atoms with Crippen molar-refractivity contribution in [2.24, 2.45) is 27.9 Å². The normalized spacial score (nSPS) is 27.7. The summed E-state index contributed by atoms with van der Waals surface area (Å²) in [6.07, 6.45) is 2.55. The van der Waals surface area contributed by atoms with E-state index in [0.29, 0.717) is 31.5 Å². The van der Waals surface area contributed by atoms with Crippen molar-refractivity contribution in [3.05, 3.63) is 47.2 Å². The molecule has 1 spiro atoms. The van der Waals surface area contributed by atoms with E-state index in [-0.39, 0.29) is 35.8 Å². The number of fused-ring (bicyclic) bond motifs is 1. The summed E-state index contributed by atoms with van der Waals surface area (Å²) in [7, 11) is 0. The van der Waals surface area contributed by atoms with Gasteiger partial charge in [0.05, 0.1) is 11.7 Å². The Bertz CT molecular complexity index is 1490. The fourth-order valence-corrected chi connectivity index (χ4v) is 7.80. The molecule has 2 aliphatic carbocycles. The summed E-state index contributed by atoms with van der Waals surface area (Å²) in [6, 6.07) is 6.01. The van der Waals surface area contributed by atoms with Crippen LogP contribution in [0.1, 0.15) is 91.4 Å². The Kier molecular flexibility index (Phi) is 8.77. The second kappa shape index (κ2) is 12.0. The average Bonchev–Trinajstić information content (AvgIpc) is 3.47. The van der Waals surface area contributed by atoms with Gasteiger partial charge in [-0.15, -0.1) is 0 Å². The Balaban J connectivity index is 1.46. The van der Waals surface area contributed by atoms with Crippen LogP contribution in [0.2, 0.25) is 0 Å². The molecular formula is C36H52N6O5. The van der Waals surface area contributed by atoms with Gasteiger partial charge in [-0.2, -0.15) is 0 Å². The summed E-state index contributed by atoms with van der Waals surface area (Å²) >= 11 is 0. The van der Waals surface area contributed by atoms with Crippen molar-refractivity contribution in [1.29, 1.82) is 0 Å². The Morgan fingerprint density at radius 3 is 2.21 bits per heavy atom. The van der Waals surface area contributed by atoms with E-state index in [2.05, 4.69) is 29.8 Å². The fraction of sp³-hybridized carbons (Fsp3) is 0.639. The zero-order chi connectivity index (χ0) is 34.7. The molecule has 256 valence electrons. The van der Waals surface area contributed by atoms with Gasteiger partial charge in [-0.05, 0) is 80.9 Å². The van der Waals surface area contributed by atoms with E-state index in [1.807, 2.05) is 64.6 Å². The van der Waals surface area contributed by atoms with Crippen LogP contribution < -0.4 is 21.7 Å². The predicted octanol–water partition coefficient (Wildman–Crippen LogP) is 3.35. The second-order valence-electron chi connectivity index (χ2n) is 16.9. The minimum Gasteiger partial charge on any atom is -0.396 e. The number of rotatable bonds is 5. The molecule has 0 bridgehead atoms. The van der Waals surface area contributed by atoms with Crippen LogP contribution in [0, 0.1) is 22.2 Å². The van der Waals surface area contributed by atoms with Gasteiger partial charge in [0.2, 0.25) is 17.6 Å². The zero-order valence-corrected chi connectivity index (χ0v) is 29.2. The van der Waals surface area contributed by atoms with Crippen LogP contribution in [0.25, 0.3) is 0 Å². The molecule has 5 atom stereocenters. The third kappa shape index (κ3) is 6.63. The number of Topliss-reactive ketones (excluding diaryl/α,β-unsaturated/α-hetero) is 1. The maximum absolute atomic E-state index is 14.6. The van der Waals surface area contributed by atoms with Crippen LogP contribution in [0.5, 0.6) is 0 Å².